The van der Waals surface area contributed by atoms with Crippen molar-refractivity contribution in [3.8, 4) is 0 Å². The van der Waals surface area contributed by atoms with Gasteiger partial charge in [-0.05, 0) is 13.0 Å². The molecular formula is C9H12N4O. The number of aromatic nitrogens is 3. The highest BCUT2D eigenvalue weighted by Gasteiger charge is 2.03. The highest BCUT2D eigenvalue weighted by Crippen LogP contribution is 2.03. The number of nitrogens with two attached hydrogens (primary N) is 1. The van der Waals surface area contributed by atoms with Crippen molar-refractivity contribution in [2.45, 2.75) is 20.0 Å². The lowest BCUT2D eigenvalue weighted by Gasteiger charge is -1.94. The Hall–Kier alpha value is -1.62. The Labute approximate surface area is 81.5 Å². The molecule has 0 aromatic carbocycles. The number of hydrogen-bond acceptors (Lipinski definition) is 4. The molecule has 0 bridgehead atoms. The second-order valence-electron chi connectivity index (χ2n) is 3.09. The van der Waals surface area contributed by atoms with Crippen LogP contribution >= 0.6 is 0 Å². The minimum Gasteiger partial charge on any atom is -0.447 e. The molecule has 5 nitrogen and oxygen atoms in total. The van der Waals surface area contributed by atoms with E-state index < -0.39 is 0 Å². The summed E-state index contributed by atoms with van der Waals surface area (Å²) >= 11 is 0. The molecule has 2 aromatic heterocycles. The van der Waals surface area contributed by atoms with Crippen molar-refractivity contribution in [2.24, 2.45) is 5.73 Å². The van der Waals surface area contributed by atoms with E-state index in [9.17, 15) is 0 Å². The quantitative estimate of drug-likeness (QED) is 0.776. The van der Waals surface area contributed by atoms with E-state index in [1.807, 2.05) is 19.2 Å². The molecule has 14 heavy (non-hydrogen) atoms. The molecule has 2 N–H and O–H groups in total. The number of nitrogens with zero attached hydrogens (tertiary/aromatic N) is 3. The summed E-state index contributed by atoms with van der Waals surface area (Å²) in [6.45, 7) is 2.90. The third kappa shape index (κ3) is 1.82. The number of hydrogen-bond donors (Lipinski definition) is 1. The average molecular weight is 192 g/mol. The van der Waals surface area contributed by atoms with Gasteiger partial charge in [0.2, 0.25) is 5.89 Å². The lowest BCUT2D eigenvalue weighted by atomic mass is 10.5. The zero-order chi connectivity index (χ0) is 9.97. The third-order valence-corrected chi connectivity index (χ3v) is 1.88. The zero-order valence-corrected chi connectivity index (χ0v) is 7.97. The van der Waals surface area contributed by atoms with Crippen molar-refractivity contribution >= 4 is 0 Å². The first kappa shape index (κ1) is 8.96. The molecule has 5 heteroatoms. The third-order valence-electron chi connectivity index (χ3n) is 1.88. The molecule has 0 spiro atoms. The largest absolute Gasteiger partial charge is 0.447 e. The summed E-state index contributed by atoms with van der Waals surface area (Å²) < 4.78 is 7.00. The van der Waals surface area contributed by atoms with E-state index in [1.54, 1.807) is 10.9 Å². The molecule has 0 aliphatic rings. The van der Waals surface area contributed by atoms with Crippen molar-refractivity contribution in [3.63, 3.8) is 0 Å². The molecule has 0 amide bonds. The minimum atomic E-state index is 0.404. The van der Waals surface area contributed by atoms with Crippen LogP contribution in [0.4, 0.5) is 0 Å². The van der Waals surface area contributed by atoms with Crippen LogP contribution in [0.2, 0.25) is 0 Å². The molecule has 0 atom stereocenters. The predicted molar refractivity (Wildman–Crippen MR) is 50.5 cm³/mol. The molecule has 2 heterocycles. The van der Waals surface area contributed by atoms with Gasteiger partial charge in [0.05, 0.1) is 11.4 Å². The topological polar surface area (TPSA) is 69.9 Å². The predicted octanol–water partition coefficient (Wildman–Crippen LogP) is 0.687. The van der Waals surface area contributed by atoms with E-state index in [1.165, 1.54) is 0 Å². The summed E-state index contributed by atoms with van der Waals surface area (Å²) in [6, 6.07) is 1.94. The molecule has 0 radical (unpaired) electrons. The van der Waals surface area contributed by atoms with Gasteiger partial charge in [0.1, 0.15) is 12.8 Å². The normalized spacial score (nSPS) is 10.7. The van der Waals surface area contributed by atoms with Crippen LogP contribution in [0, 0.1) is 6.92 Å². The standard InChI is InChI=1S/C9H12N4O/c1-7-2-3-13(12-7)5-9-11-8(4-10)6-14-9/h2-3,6H,4-5,10H2,1H3. The molecule has 0 saturated carbocycles. The molecule has 0 fully saturated rings. The number of rotatable bonds is 3. The first-order chi connectivity index (χ1) is 6.78. The minimum absolute atomic E-state index is 0.404. The summed E-state index contributed by atoms with van der Waals surface area (Å²) in [5.41, 5.74) is 7.17. The zero-order valence-electron chi connectivity index (χ0n) is 7.97. The van der Waals surface area contributed by atoms with E-state index >= 15 is 0 Å². The Bertz CT molecular complexity index is 418. The fourth-order valence-electron chi connectivity index (χ4n) is 1.21. The second-order valence-corrected chi connectivity index (χ2v) is 3.09. The molecule has 2 aromatic rings. The fraction of sp³-hybridized carbons (Fsp3) is 0.333. The maximum Gasteiger partial charge on any atom is 0.216 e. The monoisotopic (exact) mass is 192 g/mol. The van der Waals surface area contributed by atoms with Crippen molar-refractivity contribution in [3.05, 3.63) is 35.8 Å². The van der Waals surface area contributed by atoms with Crippen LogP contribution in [0.15, 0.2) is 22.9 Å². The molecule has 74 valence electrons. The van der Waals surface area contributed by atoms with Crippen LogP contribution < -0.4 is 5.73 Å². The van der Waals surface area contributed by atoms with Crippen LogP contribution in [0.3, 0.4) is 0 Å². The van der Waals surface area contributed by atoms with Gasteiger partial charge in [0.15, 0.2) is 0 Å². The molecule has 0 saturated heterocycles. The van der Waals surface area contributed by atoms with Gasteiger partial charge in [-0.2, -0.15) is 5.10 Å². The number of aryl methyl sites for hydroxylation is 1. The van der Waals surface area contributed by atoms with E-state index in [0.717, 1.165) is 11.4 Å². The summed E-state index contributed by atoms with van der Waals surface area (Å²) in [7, 11) is 0. The lowest BCUT2D eigenvalue weighted by Crippen LogP contribution is -2.02. The van der Waals surface area contributed by atoms with E-state index in [4.69, 9.17) is 10.2 Å². The SMILES string of the molecule is Cc1ccn(Cc2nc(CN)co2)n1. The molecule has 0 unspecified atom stereocenters. The van der Waals surface area contributed by atoms with Crippen molar-refractivity contribution in [1.82, 2.24) is 14.8 Å². The Morgan fingerprint density at radius 1 is 1.57 bits per heavy atom. The van der Waals surface area contributed by atoms with Gasteiger partial charge in [-0.3, -0.25) is 4.68 Å². The Kier molecular flexibility index (Phi) is 2.32. The van der Waals surface area contributed by atoms with Crippen LogP contribution in [0.25, 0.3) is 0 Å². The molecular weight excluding hydrogens is 180 g/mol. The van der Waals surface area contributed by atoms with Crippen molar-refractivity contribution < 1.29 is 4.42 Å². The highest BCUT2D eigenvalue weighted by molar-refractivity contribution is 4.99. The molecule has 0 aliphatic heterocycles. The first-order valence-corrected chi connectivity index (χ1v) is 4.41. The maximum absolute atomic E-state index is 5.42. The average Bonchev–Trinajstić information content (AvgIpc) is 2.76. The van der Waals surface area contributed by atoms with E-state index in [-0.39, 0.29) is 0 Å². The van der Waals surface area contributed by atoms with Crippen molar-refractivity contribution in [2.75, 3.05) is 0 Å². The summed E-state index contributed by atoms with van der Waals surface area (Å²) in [4.78, 5) is 4.18. The Balaban J connectivity index is 2.10. The second kappa shape index (κ2) is 3.63. The summed E-state index contributed by atoms with van der Waals surface area (Å²) in [5, 5.41) is 4.23. The van der Waals surface area contributed by atoms with Crippen LogP contribution in [0.1, 0.15) is 17.3 Å². The Morgan fingerprint density at radius 2 is 2.43 bits per heavy atom. The van der Waals surface area contributed by atoms with Crippen LogP contribution in [0.5, 0.6) is 0 Å². The Morgan fingerprint density at radius 3 is 3.00 bits per heavy atom. The summed E-state index contributed by atoms with van der Waals surface area (Å²) in [6.07, 6.45) is 3.47. The van der Waals surface area contributed by atoms with E-state index in [0.29, 0.717) is 19.0 Å². The van der Waals surface area contributed by atoms with Gasteiger partial charge in [-0.15, -0.1) is 0 Å². The molecule has 0 aliphatic carbocycles. The highest BCUT2D eigenvalue weighted by atomic mass is 16.3. The fourth-order valence-corrected chi connectivity index (χ4v) is 1.21. The van der Waals surface area contributed by atoms with Crippen LogP contribution in [-0.4, -0.2) is 14.8 Å². The lowest BCUT2D eigenvalue weighted by molar-refractivity contribution is 0.464. The van der Waals surface area contributed by atoms with Gasteiger partial charge in [0, 0.05) is 12.7 Å². The van der Waals surface area contributed by atoms with Crippen LogP contribution in [-0.2, 0) is 13.1 Å². The summed E-state index contributed by atoms with van der Waals surface area (Å²) in [5.74, 6) is 0.633. The van der Waals surface area contributed by atoms with Gasteiger partial charge in [-0.1, -0.05) is 0 Å². The van der Waals surface area contributed by atoms with Gasteiger partial charge >= 0.3 is 0 Å². The smallest absolute Gasteiger partial charge is 0.216 e. The number of oxazole rings is 1. The van der Waals surface area contributed by atoms with E-state index in [2.05, 4.69) is 10.1 Å². The first-order valence-electron chi connectivity index (χ1n) is 4.41. The van der Waals surface area contributed by atoms with Crippen molar-refractivity contribution in [1.29, 1.82) is 0 Å². The maximum atomic E-state index is 5.42. The van der Waals surface area contributed by atoms with Gasteiger partial charge in [0.25, 0.3) is 0 Å². The van der Waals surface area contributed by atoms with Gasteiger partial charge < -0.3 is 10.2 Å². The van der Waals surface area contributed by atoms with Gasteiger partial charge in [-0.25, -0.2) is 4.98 Å². The molecule has 2 rings (SSSR count).